The predicted octanol–water partition coefficient (Wildman–Crippen LogP) is -0.206. The van der Waals surface area contributed by atoms with E-state index >= 15 is 0 Å². The molecule has 3 nitrogen and oxygen atoms in total. The zero-order valence-electron chi connectivity index (χ0n) is 7.12. The average molecular weight is 165 g/mol. The molecule has 64 valence electrons. The molecule has 12 heavy (non-hydrogen) atoms. The highest BCUT2D eigenvalue weighted by molar-refractivity contribution is 6.05. The lowest BCUT2D eigenvalue weighted by atomic mass is 9.81. The van der Waals surface area contributed by atoms with Gasteiger partial charge in [-0.2, -0.15) is 0 Å². The largest absolute Gasteiger partial charge is 0.373 e. The van der Waals surface area contributed by atoms with Gasteiger partial charge in [-0.25, -0.2) is 0 Å². The SMILES string of the molecule is [B]N[C@@H]1[C@H](C(C)=O)[C@H]2CC[C@@H]1O2. The lowest BCUT2D eigenvalue weighted by Gasteiger charge is -2.25. The van der Waals surface area contributed by atoms with Gasteiger partial charge in [-0.3, -0.25) is 4.79 Å². The van der Waals surface area contributed by atoms with E-state index in [1.54, 1.807) is 6.92 Å². The molecule has 2 saturated heterocycles. The number of fused-ring (bicyclic) bond motifs is 2. The van der Waals surface area contributed by atoms with Crippen LogP contribution in [0.25, 0.3) is 0 Å². The first kappa shape index (κ1) is 8.26. The van der Waals surface area contributed by atoms with Crippen LogP contribution in [0, 0.1) is 5.92 Å². The van der Waals surface area contributed by atoms with Crippen molar-refractivity contribution in [3.05, 3.63) is 0 Å². The summed E-state index contributed by atoms with van der Waals surface area (Å²) in [6, 6.07) is 0.0428. The Labute approximate surface area is 73.3 Å². The molecular weight excluding hydrogens is 153 g/mol. The standard InChI is InChI=1S/C8H12BNO2/c1-4(11)7-5-2-3-6(12-5)8(7)10-9/h5-8,10H,2-3H2,1H3/t5-,6+,7-,8+/m1/s1. The normalized spacial score (nSPS) is 45.1. The minimum atomic E-state index is -0.0197. The fourth-order valence-electron chi connectivity index (χ4n) is 2.41. The van der Waals surface area contributed by atoms with Gasteiger partial charge in [-0.05, 0) is 19.8 Å². The monoisotopic (exact) mass is 165 g/mol. The summed E-state index contributed by atoms with van der Waals surface area (Å²) in [5, 5.41) is 2.68. The second-order valence-electron chi connectivity index (χ2n) is 3.62. The van der Waals surface area contributed by atoms with Gasteiger partial charge < -0.3 is 9.96 Å². The zero-order valence-corrected chi connectivity index (χ0v) is 7.12. The molecule has 0 aromatic heterocycles. The maximum atomic E-state index is 11.2. The first-order valence-electron chi connectivity index (χ1n) is 4.36. The predicted molar refractivity (Wildman–Crippen MR) is 44.7 cm³/mol. The number of Topliss-reactive ketones (excluding diaryl/α,β-unsaturated/α-hetero) is 1. The number of hydrogen-bond donors (Lipinski definition) is 1. The highest BCUT2D eigenvalue weighted by Gasteiger charge is 2.49. The van der Waals surface area contributed by atoms with Crippen LogP contribution in [0.15, 0.2) is 0 Å². The molecule has 4 atom stereocenters. The maximum Gasteiger partial charge on any atom is 0.178 e. The summed E-state index contributed by atoms with van der Waals surface area (Å²) >= 11 is 0. The molecular formula is C8H12BNO2. The zero-order chi connectivity index (χ0) is 8.72. The smallest absolute Gasteiger partial charge is 0.178 e. The van der Waals surface area contributed by atoms with E-state index in [0.717, 1.165) is 12.8 Å². The van der Waals surface area contributed by atoms with Gasteiger partial charge in [0.15, 0.2) is 7.98 Å². The molecule has 2 rings (SSSR count). The Kier molecular flexibility index (Phi) is 1.97. The van der Waals surface area contributed by atoms with Gasteiger partial charge in [0.25, 0.3) is 0 Å². The maximum absolute atomic E-state index is 11.2. The van der Waals surface area contributed by atoms with Gasteiger partial charge in [-0.1, -0.05) is 0 Å². The highest BCUT2D eigenvalue weighted by atomic mass is 16.5. The van der Waals surface area contributed by atoms with Crippen LogP contribution in [0.2, 0.25) is 0 Å². The highest BCUT2D eigenvalue weighted by Crippen LogP contribution is 2.39. The molecule has 0 amide bonds. The molecule has 0 spiro atoms. The van der Waals surface area contributed by atoms with Gasteiger partial charge in [0.05, 0.1) is 18.1 Å². The van der Waals surface area contributed by atoms with Crippen LogP contribution in [0.3, 0.4) is 0 Å². The molecule has 2 aliphatic heterocycles. The van der Waals surface area contributed by atoms with Gasteiger partial charge >= 0.3 is 0 Å². The molecule has 0 saturated carbocycles. The topological polar surface area (TPSA) is 38.3 Å². The van der Waals surface area contributed by atoms with Crippen molar-refractivity contribution in [3.63, 3.8) is 0 Å². The number of nitrogens with one attached hydrogen (secondary N) is 1. The Bertz CT molecular complexity index is 209. The second kappa shape index (κ2) is 2.85. The van der Waals surface area contributed by atoms with Crippen molar-refractivity contribution in [1.29, 1.82) is 0 Å². The van der Waals surface area contributed by atoms with E-state index in [0.29, 0.717) is 0 Å². The number of rotatable bonds is 2. The van der Waals surface area contributed by atoms with Crippen LogP contribution in [0.4, 0.5) is 0 Å². The van der Waals surface area contributed by atoms with Crippen molar-refractivity contribution < 1.29 is 9.53 Å². The van der Waals surface area contributed by atoms with Crippen molar-refractivity contribution in [2.75, 3.05) is 0 Å². The summed E-state index contributed by atoms with van der Waals surface area (Å²) in [5.41, 5.74) is 0. The van der Waals surface area contributed by atoms with Crippen molar-refractivity contribution in [2.24, 2.45) is 5.92 Å². The van der Waals surface area contributed by atoms with Gasteiger partial charge in [0.1, 0.15) is 5.78 Å². The van der Waals surface area contributed by atoms with Crippen LogP contribution in [0.5, 0.6) is 0 Å². The fourth-order valence-corrected chi connectivity index (χ4v) is 2.41. The van der Waals surface area contributed by atoms with Gasteiger partial charge in [-0.15, -0.1) is 0 Å². The molecule has 0 aromatic rings. The quantitative estimate of drug-likeness (QED) is 0.575. The van der Waals surface area contributed by atoms with E-state index in [2.05, 4.69) is 5.23 Å². The number of ether oxygens (including phenoxy) is 1. The number of carbonyl (C=O) groups is 1. The molecule has 2 bridgehead atoms. The average Bonchev–Trinajstić information content (AvgIpc) is 2.60. The van der Waals surface area contributed by atoms with Gasteiger partial charge in [0.2, 0.25) is 0 Å². The summed E-state index contributed by atoms with van der Waals surface area (Å²) < 4.78 is 5.59. The lowest BCUT2D eigenvalue weighted by molar-refractivity contribution is -0.122. The fraction of sp³-hybridized carbons (Fsp3) is 0.875. The molecule has 2 heterocycles. The van der Waals surface area contributed by atoms with E-state index in [1.165, 1.54) is 0 Å². The molecule has 0 aromatic carbocycles. The van der Waals surface area contributed by atoms with Crippen LogP contribution in [0.1, 0.15) is 19.8 Å². The Balaban J connectivity index is 2.16. The number of carbonyl (C=O) groups excluding carboxylic acids is 1. The molecule has 2 fully saturated rings. The van der Waals surface area contributed by atoms with Crippen molar-refractivity contribution in [1.82, 2.24) is 5.23 Å². The van der Waals surface area contributed by atoms with Crippen LogP contribution >= 0.6 is 0 Å². The van der Waals surface area contributed by atoms with E-state index in [4.69, 9.17) is 12.7 Å². The number of ketones is 1. The second-order valence-corrected chi connectivity index (χ2v) is 3.62. The third kappa shape index (κ3) is 1.02. The third-order valence-corrected chi connectivity index (χ3v) is 2.94. The first-order valence-corrected chi connectivity index (χ1v) is 4.36. The summed E-state index contributed by atoms with van der Waals surface area (Å²) in [6.07, 6.45) is 2.32. The summed E-state index contributed by atoms with van der Waals surface area (Å²) in [4.78, 5) is 11.2. The molecule has 0 unspecified atom stereocenters. The van der Waals surface area contributed by atoms with Crippen LogP contribution in [-0.4, -0.2) is 32.0 Å². The molecule has 2 aliphatic rings. The Morgan fingerprint density at radius 3 is 2.67 bits per heavy atom. The van der Waals surface area contributed by atoms with Crippen molar-refractivity contribution >= 4 is 13.8 Å². The minimum absolute atomic E-state index is 0.0197. The van der Waals surface area contributed by atoms with Gasteiger partial charge in [0, 0.05) is 6.04 Å². The Morgan fingerprint density at radius 2 is 2.17 bits per heavy atom. The van der Waals surface area contributed by atoms with Crippen LogP contribution < -0.4 is 5.23 Å². The molecule has 0 aliphatic carbocycles. The summed E-state index contributed by atoms with van der Waals surface area (Å²) in [5.74, 6) is 0.166. The summed E-state index contributed by atoms with van der Waals surface area (Å²) in [6.45, 7) is 1.61. The molecule has 2 radical (unpaired) electrons. The Hall–Kier alpha value is -0.345. The van der Waals surface area contributed by atoms with Crippen LogP contribution in [-0.2, 0) is 9.53 Å². The molecule has 1 N–H and O–H groups in total. The minimum Gasteiger partial charge on any atom is -0.373 e. The first-order chi connectivity index (χ1) is 5.74. The van der Waals surface area contributed by atoms with Crippen molar-refractivity contribution in [2.45, 2.75) is 38.0 Å². The molecule has 4 heteroatoms. The summed E-state index contributed by atoms with van der Waals surface area (Å²) in [7, 11) is 5.37. The van der Waals surface area contributed by atoms with Crippen molar-refractivity contribution in [3.8, 4) is 0 Å². The Morgan fingerprint density at radius 1 is 1.50 bits per heavy atom. The van der Waals surface area contributed by atoms with E-state index in [1.807, 2.05) is 0 Å². The third-order valence-electron chi connectivity index (χ3n) is 2.94. The number of hydrogen-bond acceptors (Lipinski definition) is 3. The lowest BCUT2D eigenvalue weighted by Crippen LogP contribution is -2.45. The van der Waals surface area contributed by atoms with E-state index in [9.17, 15) is 4.79 Å². The van der Waals surface area contributed by atoms with E-state index in [-0.39, 0.29) is 30.0 Å². The van der Waals surface area contributed by atoms with E-state index < -0.39 is 0 Å².